The van der Waals surface area contributed by atoms with Crippen molar-refractivity contribution in [3.63, 3.8) is 0 Å². The first-order valence-electron chi connectivity index (χ1n) is 7.48. The Bertz CT molecular complexity index is 513. The second-order valence-electron chi connectivity index (χ2n) is 5.78. The van der Waals surface area contributed by atoms with E-state index in [1.165, 1.54) is 19.3 Å². The van der Waals surface area contributed by atoms with Crippen molar-refractivity contribution >= 4 is 0 Å². The van der Waals surface area contributed by atoms with Gasteiger partial charge in [0, 0.05) is 37.8 Å². The van der Waals surface area contributed by atoms with Gasteiger partial charge >= 0.3 is 0 Å². The van der Waals surface area contributed by atoms with Crippen LogP contribution >= 0.6 is 0 Å². The number of hydrogen-bond donors (Lipinski definition) is 2. The Morgan fingerprint density at radius 3 is 2.65 bits per heavy atom. The third kappa shape index (κ3) is 2.39. The molecular formula is C16H21N3O. The molecule has 1 heterocycles. The van der Waals surface area contributed by atoms with Gasteiger partial charge in [-0.2, -0.15) is 5.26 Å². The van der Waals surface area contributed by atoms with Crippen molar-refractivity contribution in [3.05, 3.63) is 29.3 Å². The maximum atomic E-state index is 10.4. The third-order valence-corrected chi connectivity index (χ3v) is 4.65. The average Bonchev–Trinajstić information content (AvgIpc) is 2.44. The van der Waals surface area contributed by atoms with E-state index in [0.717, 1.165) is 31.7 Å². The first kappa shape index (κ1) is 13.4. The minimum Gasteiger partial charge on any atom is -0.506 e. The number of nitrogens with zero attached hydrogens (tertiary/aromatic N) is 2. The Kier molecular flexibility index (Phi) is 3.90. The fraction of sp³-hybridized carbons (Fsp3) is 0.562. The first-order valence-corrected chi connectivity index (χ1v) is 7.48. The summed E-state index contributed by atoms with van der Waals surface area (Å²) in [5.74, 6) is 0.804. The van der Waals surface area contributed by atoms with Crippen LogP contribution in [-0.4, -0.2) is 36.2 Å². The van der Waals surface area contributed by atoms with Gasteiger partial charge in [-0.3, -0.25) is 4.90 Å². The predicted octanol–water partition coefficient (Wildman–Crippen LogP) is 2.01. The smallest absolute Gasteiger partial charge is 0.138 e. The molecule has 1 atom stereocenters. The second-order valence-corrected chi connectivity index (χ2v) is 5.78. The van der Waals surface area contributed by atoms with Gasteiger partial charge < -0.3 is 10.4 Å². The van der Waals surface area contributed by atoms with Gasteiger partial charge in [0.1, 0.15) is 11.8 Å². The van der Waals surface area contributed by atoms with Gasteiger partial charge in [-0.1, -0.05) is 18.6 Å². The number of nitriles is 1. The molecule has 20 heavy (non-hydrogen) atoms. The lowest BCUT2D eigenvalue weighted by Crippen LogP contribution is -2.47. The predicted molar refractivity (Wildman–Crippen MR) is 77.3 cm³/mol. The lowest BCUT2D eigenvalue weighted by atomic mass is 9.76. The van der Waals surface area contributed by atoms with Gasteiger partial charge in [0.25, 0.3) is 0 Å². The maximum absolute atomic E-state index is 10.4. The van der Waals surface area contributed by atoms with Crippen LogP contribution in [0.25, 0.3) is 0 Å². The van der Waals surface area contributed by atoms with Crippen molar-refractivity contribution < 1.29 is 5.11 Å². The molecule has 0 aromatic heterocycles. The number of hydrogen-bond acceptors (Lipinski definition) is 4. The Hall–Kier alpha value is -1.57. The Balaban J connectivity index is 1.94. The number of phenols is 1. The fourth-order valence-electron chi connectivity index (χ4n) is 3.35. The highest BCUT2D eigenvalue weighted by atomic mass is 16.3. The summed E-state index contributed by atoms with van der Waals surface area (Å²) in [6.45, 7) is 4.03. The molecule has 1 saturated carbocycles. The van der Waals surface area contributed by atoms with Crippen LogP contribution in [0.15, 0.2) is 18.2 Å². The van der Waals surface area contributed by atoms with Gasteiger partial charge in [-0.05, 0) is 24.8 Å². The second kappa shape index (κ2) is 5.82. The molecule has 0 bridgehead atoms. The molecule has 1 aromatic carbocycles. The SMILES string of the molecule is N#Cc1cccc([C@H](C2CCC2)N2CCNCC2)c1O. The molecule has 106 valence electrons. The zero-order valence-corrected chi connectivity index (χ0v) is 11.7. The Morgan fingerprint density at radius 1 is 1.30 bits per heavy atom. The van der Waals surface area contributed by atoms with Gasteiger partial charge in [0.05, 0.1) is 5.56 Å². The summed E-state index contributed by atoms with van der Waals surface area (Å²) in [7, 11) is 0. The number of nitrogens with one attached hydrogen (secondary N) is 1. The van der Waals surface area contributed by atoms with Gasteiger partial charge in [0.15, 0.2) is 0 Å². The van der Waals surface area contributed by atoms with Crippen molar-refractivity contribution in [3.8, 4) is 11.8 Å². The Labute approximate surface area is 120 Å². The number of aromatic hydroxyl groups is 1. The summed E-state index contributed by atoms with van der Waals surface area (Å²) >= 11 is 0. The molecule has 4 heteroatoms. The maximum Gasteiger partial charge on any atom is 0.138 e. The van der Waals surface area contributed by atoms with E-state index in [1.807, 2.05) is 12.1 Å². The summed E-state index contributed by atoms with van der Waals surface area (Å²) in [6, 6.07) is 7.92. The molecule has 0 unspecified atom stereocenters. The van der Waals surface area contributed by atoms with Gasteiger partial charge in [-0.15, -0.1) is 0 Å². The molecule has 1 aromatic rings. The number of para-hydroxylation sites is 1. The molecule has 1 aliphatic heterocycles. The van der Waals surface area contributed by atoms with E-state index in [-0.39, 0.29) is 11.8 Å². The van der Waals surface area contributed by atoms with E-state index in [0.29, 0.717) is 11.5 Å². The van der Waals surface area contributed by atoms with Crippen LogP contribution in [0.2, 0.25) is 0 Å². The highest BCUT2D eigenvalue weighted by Gasteiger charge is 2.35. The van der Waals surface area contributed by atoms with Crippen LogP contribution in [0, 0.1) is 17.2 Å². The number of benzene rings is 1. The average molecular weight is 271 g/mol. The monoisotopic (exact) mass is 271 g/mol. The van der Waals surface area contributed by atoms with Crippen LogP contribution < -0.4 is 5.32 Å². The largest absolute Gasteiger partial charge is 0.506 e. The van der Waals surface area contributed by atoms with E-state index in [2.05, 4.69) is 16.3 Å². The van der Waals surface area contributed by atoms with E-state index in [4.69, 9.17) is 5.26 Å². The van der Waals surface area contributed by atoms with Crippen molar-refractivity contribution in [2.45, 2.75) is 25.3 Å². The molecule has 0 amide bonds. The normalized spacial score (nSPS) is 21.9. The summed E-state index contributed by atoms with van der Waals surface area (Å²) < 4.78 is 0. The van der Waals surface area contributed by atoms with Gasteiger partial charge in [-0.25, -0.2) is 0 Å². The van der Waals surface area contributed by atoms with Crippen molar-refractivity contribution in [2.24, 2.45) is 5.92 Å². The van der Waals surface area contributed by atoms with Crippen LogP contribution in [0.3, 0.4) is 0 Å². The topological polar surface area (TPSA) is 59.3 Å². The zero-order chi connectivity index (χ0) is 13.9. The molecule has 1 aliphatic carbocycles. The van der Waals surface area contributed by atoms with E-state index >= 15 is 0 Å². The lowest BCUT2D eigenvalue weighted by Gasteiger charge is -2.43. The molecule has 1 saturated heterocycles. The number of rotatable bonds is 3. The van der Waals surface area contributed by atoms with Crippen molar-refractivity contribution in [2.75, 3.05) is 26.2 Å². The molecule has 4 nitrogen and oxygen atoms in total. The molecule has 2 fully saturated rings. The lowest BCUT2D eigenvalue weighted by molar-refractivity contribution is 0.0819. The highest BCUT2D eigenvalue weighted by molar-refractivity contribution is 5.49. The third-order valence-electron chi connectivity index (χ3n) is 4.65. The minimum absolute atomic E-state index is 0.186. The Morgan fingerprint density at radius 2 is 2.05 bits per heavy atom. The van der Waals surface area contributed by atoms with Crippen LogP contribution in [0.1, 0.15) is 36.4 Å². The highest BCUT2D eigenvalue weighted by Crippen LogP contribution is 2.44. The zero-order valence-electron chi connectivity index (χ0n) is 11.7. The fourth-order valence-corrected chi connectivity index (χ4v) is 3.35. The molecule has 0 spiro atoms. The van der Waals surface area contributed by atoms with E-state index in [1.54, 1.807) is 6.07 Å². The van der Waals surface area contributed by atoms with E-state index < -0.39 is 0 Å². The van der Waals surface area contributed by atoms with Gasteiger partial charge in [0.2, 0.25) is 0 Å². The summed E-state index contributed by atoms with van der Waals surface area (Å²) in [5.41, 5.74) is 1.33. The van der Waals surface area contributed by atoms with Crippen molar-refractivity contribution in [1.82, 2.24) is 10.2 Å². The summed E-state index contributed by atoms with van der Waals surface area (Å²) in [5, 5.41) is 22.9. The quantitative estimate of drug-likeness (QED) is 0.883. The molecule has 3 rings (SSSR count). The van der Waals surface area contributed by atoms with E-state index in [9.17, 15) is 5.11 Å². The molecule has 2 aliphatic rings. The number of piperazine rings is 1. The first-order chi connectivity index (χ1) is 9.81. The van der Waals surface area contributed by atoms with Crippen molar-refractivity contribution in [1.29, 1.82) is 5.26 Å². The molecule has 0 radical (unpaired) electrons. The van der Waals surface area contributed by atoms with Crippen LogP contribution in [0.5, 0.6) is 5.75 Å². The van der Waals surface area contributed by atoms with Crippen LogP contribution in [0.4, 0.5) is 0 Å². The summed E-state index contributed by atoms with van der Waals surface area (Å²) in [4.78, 5) is 2.47. The molecule has 2 N–H and O–H groups in total. The summed E-state index contributed by atoms with van der Waals surface area (Å²) in [6.07, 6.45) is 3.74. The standard InChI is InChI=1S/C16H21N3O/c17-11-13-5-2-6-14(16(13)20)15(12-3-1-4-12)19-9-7-18-8-10-19/h2,5-6,12,15,18,20H,1,3-4,7-10H2/t15-/m0/s1. The minimum atomic E-state index is 0.186. The number of phenolic OH excluding ortho intramolecular Hbond substituents is 1. The molecular weight excluding hydrogens is 250 g/mol. The van der Waals surface area contributed by atoms with Crippen LogP contribution in [-0.2, 0) is 0 Å².